The maximum absolute atomic E-state index is 9.53. The summed E-state index contributed by atoms with van der Waals surface area (Å²) in [5, 5.41) is 28.6. The van der Waals surface area contributed by atoms with Crippen LogP contribution >= 0.6 is 0 Å². The molecule has 0 aliphatic rings. The number of rotatable bonds is 3. The fourth-order valence-corrected chi connectivity index (χ4v) is 0.500. The molecular formula is C15H35AlO3. The topological polar surface area (TPSA) is 69.2 Å². The second kappa shape index (κ2) is 31.0. The molecule has 0 aromatic carbocycles. The van der Waals surface area contributed by atoms with Gasteiger partial charge in [-0.05, 0) is 0 Å². The number of hydrogen-bond donors (Lipinski definition) is 0. The monoisotopic (exact) mass is 290 g/mol. The van der Waals surface area contributed by atoms with E-state index in [1.54, 1.807) is 41.5 Å². The van der Waals surface area contributed by atoms with E-state index in [1.807, 2.05) is 0 Å². The Morgan fingerprint density at radius 3 is 0.737 bits per heavy atom. The molecule has 0 aromatic heterocycles. The maximum Gasteiger partial charge on any atom is 3.00 e. The molecule has 0 unspecified atom stereocenters. The smallest absolute Gasteiger partial charge is 0.852 e. The van der Waals surface area contributed by atoms with E-state index in [0.717, 1.165) is 0 Å². The van der Waals surface area contributed by atoms with Crippen LogP contribution in [0.5, 0.6) is 0 Å². The first-order valence-electron chi connectivity index (χ1n) is 7.09. The molecule has 19 heavy (non-hydrogen) atoms. The van der Waals surface area contributed by atoms with Gasteiger partial charge in [0.05, 0.1) is 0 Å². The van der Waals surface area contributed by atoms with E-state index in [0.29, 0.717) is 0 Å². The van der Waals surface area contributed by atoms with Crippen LogP contribution in [-0.2, 0) is 0 Å². The van der Waals surface area contributed by atoms with E-state index in [4.69, 9.17) is 0 Å². The summed E-state index contributed by atoms with van der Waals surface area (Å²) in [5.74, 6) is 0. The third kappa shape index (κ3) is 426. The maximum atomic E-state index is 9.53. The van der Waals surface area contributed by atoms with E-state index < -0.39 is 18.3 Å². The van der Waals surface area contributed by atoms with Gasteiger partial charge in [0.1, 0.15) is 0 Å². The van der Waals surface area contributed by atoms with Gasteiger partial charge in [0.25, 0.3) is 0 Å². The summed E-state index contributed by atoms with van der Waals surface area (Å²) in [6.07, 6.45) is 4.29. The molecule has 0 N–H and O–H groups in total. The zero-order valence-corrected chi connectivity index (χ0v) is 15.5. The van der Waals surface area contributed by atoms with Crippen molar-refractivity contribution in [3.05, 3.63) is 0 Å². The van der Waals surface area contributed by atoms with Crippen LogP contribution in [0.25, 0.3) is 0 Å². The summed E-state index contributed by atoms with van der Waals surface area (Å²) in [4.78, 5) is 0. The van der Waals surface area contributed by atoms with Gasteiger partial charge in [0.15, 0.2) is 0 Å². The minimum Gasteiger partial charge on any atom is -0.852 e. The van der Waals surface area contributed by atoms with E-state index >= 15 is 0 Å². The molecule has 0 rings (SSSR count). The van der Waals surface area contributed by atoms with Crippen molar-refractivity contribution in [3.8, 4) is 0 Å². The van der Waals surface area contributed by atoms with Gasteiger partial charge in [-0.25, -0.2) is 0 Å². The SMILES string of the molecule is CC(C)[O-].CC(C)[O-].CC(C)[O-].CCCCCC.[Al+3]. The summed E-state index contributed by atoms with van der Waals surface area (Å²) in [6, 6.07) is 0. The van der Waals surface area contributed by atoms with Crippen molar-refractivity contribution in [1.82, 2.24) is 0 Å². The molecule has 0 aliphatic heterocycles. The van der Waals surface area contributed by atoms with Crippen LogP contribution in [0.2, 0.25) is 0 Å². The zero-order chi connectivity index (χ0) is 15.6. The van der Waals surface area contributed by atoms with Crippen molar-refractivity contribution in [2.24, 2.45) is 0 Å². The Labute approximate surface area is 132 Å². The average molecular weight is 290 g/mol. The third-order valence-corrected chi connectivity index (χ3v) is 0.957. The Kier molecular flexibility index (Phi) is 51.7. The van der Waals surface area contributed by atoms with Gasteiger partial charge >= 0.3 is 17.4 Å². The van der Waals surface area contributed by atoms with Crippen LogP contribution < -0.4 is 15.3 Å². The molecule has 0 saturated carbocycles. The summed E-state index contributed by atoms with van der Waals surface area (Å²) < 4.78 is 0. The van der Waals surface area contributed by atoms with Crippen LogP contribution in [0.3, 0.4) is 0 Å². The van der Waals surface area contributed by atoms with E-state index in [-0.39, 0.29) is 17.4 Å². The molecule has 0 aromatic rings. The van der Waals surface area contributed by atoms with Crippen LogP contribution in [0, 0.1) is 0 Å². The van der Waals surface area contributed by atoms with Crippen molar-refractivity contribution in [2.75, 3.05) is 0 Å². The molecule has 4 heteroatoms. The second-order valence-corrected chi connectivity index (χ2v) is 4.85. The molecule has 0 aliphatic carbocycles. The second-order valence-electron chi connectivity index (χ2n) is 4.85. The fourth-order valence-electron chi connectivity index (χ4n) is 0.500. The summed E-state index contributed by atoms with van der Waals surface area (Å²) in [7, 11) is 0. The van der Waals surface area contributed by atoms with Gasteiger partial charge in [0, 0.05) is 0 Å². The van der Waals surface area contributed by atoms with Gasteiger partial charge in [0.2, 0.25) is 0 Å². The molecule has 0 spiro atoms. The molecular weight excluding hydrogens is 255 g/mol. The largest absolute Gasteiger partial charge is 3.00 e. The summed E-state index contributed by atoms with van der Waals surface area (Å²) in [5.41, 5.74) is 0. The van der Waals surface area contributed by atoms with Crippen LogP contribution in [0.15, 0.2) is 0 Å². The Morgan fingerprint density at radius 2 is 0.684 bits per heavy atom. The van der Waals surface area contributed by atoms with Gasteiger partial charge in [-0.1, -0.05) is 81.1 Å². The molecule has 0 fully saturated rings. The third-order valence-electron chi connectivity index (χ3n) is 0.957. The van der Waals surface area contributed by atoms with Gasteiger partial charge in [-0.2, -0.15) is 0 Å². The van der Waals surface area contributed by atoms with Crippen molar-refractivity contribution in [3.63, 3.8) is 0 Å². The number of unbranched alkanes of at least 4 members (excludes halogenated alkanes) is 3. The van der Waals surface area contributed by atoms with E-state index in [2.05, 4.69) is 13.8 Å². The summed E-state index contributed by atoms with van der Waals surface area (Å²) in [6.45, 7) is 14.1. The molecule has 0 saturated heterocycles. The Balaban J connectivity index is -0.0000000459. The van der Waals surface area contributed by atoms with Crippen molar-refractivity contribution in [2.45, 2.75) is 99.4 Å². The molecule has 0 atom stereocenters. The van der Waals surface area contributed by atoms with E-state index in [1.165, 1.54) is 25.7 Å². The van der Waals surface area contributed by atoms with Crippen LogP contribution in [0.1, 0.15) is 81.1 Å². The quantitative estimate of drug-likeness (QED) is 0.584. The molecule has 0 heterocycles. The van der Waals surface area contributed by atoms with Crippen LogP contribution in [0.4, 0.5) is 0 Å². The first-order valence-corrected chi connectivity index (χ1v) is 7.09. The van der Waals surface area contributed by atoms with Crippen LogP contribution in [-0.4, -0.2) is 35.7 Å². The molecule has 0 bridgehead atoms. The molecule has 0 radical (unpaired) electrons. The standard InChI is InChI=1S/C6H14.3C3H7O.Al/c1-3-5-6-4-2;3*1-3(2)4;/h3-6H2,1-2H3;3*3H,1-2H3;/q;3*-1;+3. The predicted molar refractivity (Wildman–Crippen MR) is 81.0 cm³/mol. The van der Waals surface area contributed by atoms with Crippen molar-refractivity contribution in [1.29, 1.82) is 0 Å². The molecule has 3 nitrogen and oxygen atoms in total. The molecule has 0 amide bonds. The number of hydrogen-bond acceptors (Lipinski definition) is 3. The minimum atomic E-state index is -0.417. The van der Waals surface area contributed by atoms with Crippen molar-refractivity contribution >= 4 is 17.4 Å². The first-order chi connectivity index (χ1) is 8.11. The minimum absolute atomic E-state index is 0. The van der Waals surface area contributed by atoms with Gasteiger partial charge in [-0.15, -0.1) is 18.3 Å². The Morgan fingerprint density at radius 1 is 0.579 bits per heavy atom. The fraction of sp³-hybridized carbons (Fsp3) is 1.00. The van der Waals surface area contributed by atoms with E-state index in [9.17, 15) is 15.3 Å². The van der Waals surface area contributed by atoms with Crippen molar-refractivity contribution < 1.29 is 15.3 Å². The first kappa shape index (κ1) is 31.7. The van der Waals surface area contributed by atoms with Gasteiger partial charge < -0.3 is 15.3 Å². The predicted octanol–water partition coefficient (Wildman–Crippen LogP) is 1.47. The Bertz CT molecular complexity index is 81.0. The van der Waals surface area contributed by atoms with Gasteiger partial charge in [-0.3, -0.25) is 0 Å². The molecule has 116 valence electrons. The average Bonchev–Trinajstić information content (AvgIpc) is 2.11. The Hall–Kier alpha value is 0.412. The zero-order valence-electron chi connectivity index (χ0n) is 14.4. The summed E-state index contributed by atoms with van der Waals surface area (Å²) >= 11 is 0. The normalized spacial score (nSPS) is 8.53.